The molecule has 5 nitrogen and oxygen atoms in total. The summed E-state index contributed by atoms with van der Waals surface area (Å²) in [6.45, 7) is 3.57. The fourth-order valence-electron chi connectivity index (χ4n) is 4.29. The zero-order valence-corrected chi connectivity index (χ0v) is 19.1. The Morgan fingerprint density at radius 3 is 2.36 bits per heavy atom. The predicted molar refractivity (Wildman–Crippen MR) is 125 cm³/mol. The molecule has 1 aromatic heterocycles. The number of ether oxygens (including phenoxy) is 1. The Morgan fingerprint density at radius 2 is 1.70 bits per heavy atom. The van der Waals surface area contributed by atoms with E-state index in [0.29, 0.717) is 43.7 Å². The highest BCUT2D eigenvalue weighted by molar-refractivity contribution is 6.36. The second-order valence-electron chi connectivity index (χ2n) is 8.24. The minimum Gasteiger partial charge on any atom is -0.482 e. The van der Waals surface area contributed by atoms with Gasteiger partial charge in [0.1, 0.15) is 22.9 Å². The minimum atomic E-state index is -1.12. The second-order valence-corrected chi connectivity index (χ2v) is 9.08. The van der Waals surface area contributed by atoms with Gasteiger partial charge in [-0.05, 0) is 55.3 Å². The lowest BCUT2D eigenvalue weighted by Crippen LogP contribution is -2.31. The standard InChI is InChI=1S/C25H17Cl2FN2O3/c1-25(2)20-21(29-30-22(20)24(31)32)17-10-9-15(12-3-6-14(28)7-4-12)19(23(17)33-25)16-8-5-13(26)11-18(16)27/h3-11H,1-2H3,(H,29,30)(H,31,32). The number of benzene rings is 3. The normalized spacial score (nSPS) is 13.7. The van der Waals surface area contributed by atoms with Crippen molar-refractivity contribution < 1.29 is 19.0 Å². The Morgan fingerprint density at radius 1 is 1.03 bits per heavy atom. The molecule has 5 rings (SSSR count). The number of aromatic carboxylic acids is 1. The number of carbonyl (C=O) groups is 1. The topological polar surface area (TPSA) is 75.2 Å². The molecule has 0 aliphatic carbocycles. The van der Waals surface area contributed by atoms with Crippen LogP contribution in [0.2, 0.25) is 10.0 Å². The summed E-state index contributed by atoms with van der Waals surface area (Å²) < 4.78 is 20.1. The highest BCUT2D eigenvalue weighted by atomic mass is 35.5. The third-order valence-electron chi connectivity index (χ3n) is 5.71. The zero-order chi connectivity index (χ0) is 23.5. The van der Waals surface area contributed by atoms with E-state index in [1.165, 1.54) is 12.1 Å². The molecule has 3 aromatic carbocycles. The first-order chi connectivity index (χ1) is 15.7. The molecule has 0 saturated heterocycles. The summed E-state index contributed by atoms with van der Waals surface area (Å²) in [7, 11) is 0. The fraction of sp³-hybridized carbons (Fsp3) is 0.120. The van der Waals surface area contributed by atoms with Crippen LogP contribution in [0.3, 0.4) is 0 Å². The molecule has 0 bridgehead atoms. The first kappa shape index (κ1) is 21.5. The van der Waals surface area contributed by atoms with Crippen LogP contribution in [-0.4, -0.2) is 21.3 Å². The van der Waals surface area contributed by atoms with Crippen LogP contribution in [-0.2, 0) is 5.60 Å². The molecular weight excluding hydrogens is 466 g/mol. The molecule has 1 aliphatic rings. The van der Waals surface area contributed by atoms with Crippen molar-refractivity contribution in [2.45, 2.75) is 19.4 Å². The van der Waals surface area contributed by atoms with Gasteiger partial charge in [0, 0.05) is 21.7 Å². The van der Waals surface area contributed by atoms with Gasteiger partial charge in [0.25, 0.3) is 0 Å². The molecule has 166 valence electrons. The second kappa shape index (κ2) is 7.61. The van der Waals surface area contributed by atoms with Gasteiger partial charge in [0.05, 0.1) is 10.6 Å². The lowest BCUT2D eigenvalue weighted by atomic mass is 9.84. The molecule has 0 fully saturated rings. The van der Waals surface area contributed by atoms with Crippen molar-refractivity contribution in [3.8, 4) is 39.3 Å². The van der Waals surface area contributed by atoms with Gasteiger partial charge in [-0.15, -0.1) is 0 Å². The van der Waals surface area contributed by atoms with Gasteiger partial charge in [-0.25, -0.2) is 9.18 Å². The first-order valence-electron chi connectivity index (χ1n) is 10.1. The number of hydrogen-bond acceptors (Lipinski definition) is 3. The zero-order valence-electron chi connectivity index (χ0n) is 17.5. The van der Waals surface area contributed by atoms with Crippen LogP contribution in [0.4, 0.5) is 4.39 Å². The number of nitrogens with zero attached hydrogens (tertiary/aromatic N) is 1. The number of carboxylic acids is 1. The summed E-state index contributed by atoms with van der Waals surface area (Å²) in [6, 6.07) is 15.0. The molecule has 2 N–H and O–H groups in total. The SMILES string of the molecule is CC1(C)Oc2c(ccc(-c3ccc(F)cc3)c2-c2ccc(Cl)cc2Cl)-c2n[nH]c(C(=O)O)c21. The first-order valence-corrected chi connectivity index (χ1v) is 10.8. The van der Waals surface area contributed by atoms with E-state index < -0.39 is 11.6 Å². The lowest BCUT2D eigenvalue weighted by molar-refractivity contribution is 0.0665. The Hall–Kier alpha value is -3.35. The summed E-state index contributed by atoms with van der Waals surface area (Å²) in [5, 5.41) is 17.5. The molecular formula is C25H17Cl2FN2O3. The molecule has 0 amide bonds. The maximum atomic E-state index is 13.6. The Labute approximate surface area is 198 Å². The van der Waals surface area contributed by atoms with Crippen molar-refractivity contribution in [1.82, 2.24) is 10.2 Å². The third kappa shape index (κ3) is 3.46. The van der Waals surface area contributed by atoms with Gasteiger partial charge < -0.3 is 9.84 Å². The van der Waals surface area contributed by atoms with E-state index in [4.69, 9.17) is 27.9 Å². The van der Waals surface area contributed by atoms with Gasteiger partial charge in [0.2, 0.25) is 0 Å². The molecule has 33 heavy (non-hydrogen) atoms. The number of aromatic nitrogens is 2. The van der Waals surface area contributed by atoms with Crippen molar-refractivity contribution in [1.29, 1.82) is 0 Å². The predicted octanol–water partition coefficient (Wildman–Crippen LogP) is 7.18. The molecule has 4 aromatic rings. The third-order valence-corrected chi connectivity index (χ3v) is 6.26. The van der Waals surface area contributed by atoms with Gasteiger partial charge >= 0.3 is 5.97 Å². The monoisotopic (exact) mass is 482 g/mol. The Bertz CT molecular complexity index is 1430. The molecule has 0 spiro atoms. The van der Waals surface area contributed by atoms with Crippen LogP contribution >= 0.6 is 23.2 Å². The maximum absolute atomic E-state index is 13.6. The van der Waals surface area contributed by atoms with Gasteiger partial charge in [-0.1, -0.05) is 47.5 Å². The van der Waals surface area contributed by atoms with Crippen molar-refractivity contribution in [3.05, 3.63) is 81.7 Å². The van der Waals surface area contributed by atoms with Crippen LogP contribution in [0, 0.1) is 5.82 Å². The van der Waals surface area contributed by atoms with E-state index in [0.717, 1.165) is 11.1 Å². The summed E-state index contributed by atoms with van der Waals surface area (Å²) in [6.07, 6.45) is 0. The van der Waals surface area contributed by atoms with Crippen LogP contribution < -0.4 is 4.74 Å². The van der Waals surface area contributed by atoms with Gasteiger partial charge in [-0.3, -0.25) is 5.10 Å². The number of halogens is 3. The molecule has 0 atom stereocenters. The van der Waals surface area contributed by atoms with E-state index in [-0.39, 0.29) is 11.5 Å². The average Bonchev–Trinajstić information content (AvgIpc) is 3.21. The summed E-state index contributed by atoms with van der Waals surface area (Å²) >= 11 is 12.7. The largest absolute Gasteiger partial charge is 0.482 e. The maximum Gasteiger partial charge on any atom is 0.354 e. The van der Waals surface area contributed by atoms with Crippen molar-refractivity contribution in [2.24, 2.45) is 0 Å². The van der Waals surface area contributed by atoms with Gasteiger partial charge in [0.15, 0.2) is 5.69 Å². The molecule has 0 unspecified atom stereocenters. The van der Waals surface area contributed by atoms with Crippen LogP contribution in [0.1, 0.15) is 29.9 Å². The number of rotatable bonds is 3. The van der Waals surface area contributed by atoms with E-state index in [1.54, 1.807) is 44.2 Å². The number of H-pyrrole nitrogens is 1. The molecule has 0 saturated carbocycles. The van der Waals surface area contributed by atoms with Crippen molar-refractivity contribution >= 4 is 29.2 Å². The number of aromatic amines is 1. The Kier molecular flexibility index (Phi) is 4.96. The van der Waals surface area contributed by atoms with E-state index in [1.807, 2.05) is 12.1 Å². The van der Waals surface area contributed by atoms with Crippen LogP contribution in [0.15, 0.2) is 54.6 Å². The van der Waals surface area contributed by atoms with Crippen molar-refractivity contribution in [3.63, 3.8) is 0 Å². The minimum absolute atomic E-state index is 0.0191. The molecule has 2 heterocycles. The average molecular weight is 483 g/mol. The highest BCUT2D eigenvalue weighted by Gasteiger charge is 2.41. The van der Waals surface area contributed by atoms with E-state index in [9.17, 15) is 14.3 Å². The fourth-order valence-corrected chi connectivity index (χ4v) is 4.79. The molecule has 1 aliphatic heterocycles. The summed E-state index contributed by atoms with van der Waals surface area (Å²) in [5.41, 5.74) is 3.45. The van der Waals surface area contributed by atoms with Crippen LogP contribution in [0.25, 0.3) is 33.5 Å². The lowest BCUT2D eigenvalue weighted by Gasteiger charge is -2.34. The summed E-state index contributed by atoms with van der Waals surface area (Å²) in [4.78, 5) is 11.8. The number of hydrogen-bond donors (Lipinski definition) is 2. The number of fused-ring (bicyclic) bond motifs is 3. The van der Waals surface area contributed by atoms with Crippen LogP contribution in [0.5, 0.6) is 5.75 Å². The van der Waals surface area contributed by atoms with Crippen molar-refractivity contribution in [2.75, 3.05) is 0 Å². The van der Waals surface area contributed by atoms with E-state index >= 15 is 0 Å². The molecule has 0 radical (unpaired) electrons. The Balaban J connectivity index is 1.86. The number of carboxylic acid groups (broad SMARTS) is 1. The highest BCUT2D eigenvalue weighted by Crippen LogP contribution is 2.53. The molecule has 8 heteroatoms. The smallest absolute Gasteiger partial charge is 0.354 e. The van der Waals surface area contributed by atoms with E-state index in [2.05, 4.69) is 10.2 Å². The van der Waals surface area contributed by atoms with Gasteiger partial charge in [-0.2, -0.15) is 5.10 Å². The summed E-state index contributed by atoms with van der Waals surface area (Å²) in [5.74, 6) is -0.961. The number of nitrogens with one attached hydrogen (secondary N) is 1. The quantitative estimate of drug-likeness (QED) is 0.324.